The molecule has 1 unspecified atom stereocenters. The van der Waals surface area contributed by atoms with Gasteiger partial charge < -0.3 is 9.88 Å². The lowest BCUT2D eigenvalue weighted by Crippen LogP contribution is -2.32. The average molecular weight is 271 g/mol. The molecule has 0 bridgehead atoms. The summed E-state index contributed by atoms with van der Waals surface area (Å²) in [4.78, 5) is 4.44. The minimum Gasteiger partial charge on any atom is -0.329 e. The van der Waals surface area contributed by atoms with Gasteiger partial charge in [-0.25, -0.2) is 4.98 Å². The third-order valence-electron chi connectivity index (χ3n) is 3.41. The van der Waals surface area contributed by atoms with Gasteiger partial charge >= 0.3 is 0 Å². The van der Waals surface area contributed by atoms with Gasteiger partial charge in [-0.3, -0.25) is 0 Å². The van der Waals surface area contributed by atoms with Gasteiger partial charge in [-0.2, -0.15) is 11.3 Å². The topological polar surface area (TPSA) is 29.9 Å². The van der Waals surface area contributed by atoms with E-state index in [-0.39, 0.29) is 0 Å². The molecule has 98 valence electrons. The van der Waals surface area contributed by atoms with Crippen LogP contribution in [-0.4, -0.2) is 22.6 Å². The molecule has 0 spiro atoms. The number of para-hydroxylation sites is 2. The van der Waals surface area contributed by atoms with Gasteiger partial charge in [-0.15, -0.1) is 0 Å². The number of thiophene rings is 1. The summed E-state index contributed by atoms with van der Waals surface area (Å²) in [5.41, 5.74) is 3.66. The van der Waals surface area contributed by atoms with Crippen LogP contribution in [0, 0.1) is 0 Å². The first-order valence-corrected chi connectivity index (χ1v) is 7.39. The average Bonchev–Trinajstić information content (AvgIpc) is 3.08. The lowest BCUT2D eigenvalue weighted by atomic mass is 10.1. The summed E-state index contributed by atoms with van der Waals surface area (Å²) in [5.74, 6) is 0. The van der Waals surface area contributed by atoms with E-state index in [9.17, 15) is 0 Å². The van der Waals surface area contributed by atoms with E-state index in [1.165, 1.54) is 11.1 Å². The first kappa shape index (κ1) is 12.4. The zero-order valence-electron chi connectivity index (χ0n) is 10.9. The number of aromatic nitrogens is 2. The van der Waals surface area contributed by atoms with Crippen LogP contribution >= 0.6 is 11.3 Å². The fraction of sp³-hybridized carbons (Fsp3) is 0.267. The number of hydrogen-bond donors (Lipinski definition) is 1. The van der Waals surface area contributed by atoms with E-state index in [0.29, 0.717) is 6.04 Å². The number of nitrogens with one attached hydrogen (secondary N) is 1. The predicted octanol–water partition coefficient (Wildman–Crippen LogP) is 2.93. The standard InChI is InChI=1S/C15H17N3S/c1-16-13(8-12-6-7-19-10-12)9-18-11-17-14-4-2-3-5-15(14)18/h2-7,10-11,13,16H,8-9H2,1H3. The summed E-state index contributed by atoms with van der Waals surface area (Å²) in [6, 6.07) is 10.9. The molecule has 0 aliphatic carbocycles. The van der Waals surface area contributed by atoms with E-state index in [4.69, 9.17) is 0 Å². The van der Waals surface area contributed by atoms with Crippen LogP contribution in [0.2, 0.25) is 0 Å². The van der Waals surface area contributed by atoms with Gasteiger partial charge in [-0.1, -0.05) is 12.1 Å². The van der Waals surface area contributed by atoms with Crippen molar-refractivity contribution in [3.63, 3.8) is 0 Å². The van der Waals surface area contributed by atoms with Gasteiger partial charge in [-0.05, 0) is 48.0 Å². The molecule has 0 saturated carbocycles. The molecule has 0 fully saturated rings. The summed E-state index contributed by atoms with van der Waals surface area (Å²) < 4.78 is 2.23. The Balaban J connectivity index is 1.78. The largest absolute Gasteiger partial charge is 0.329 e. The maximum atomic E-state index is 4.44. The zero-order chi connectivity index (χ0) is 13.1. The van der Waals surface area contributed by atoms with Crippen LogP contribution in [0.4, 0.5) is 0 Å². The van der Waals surface area contributed by atoms with Crippen molar-refractivity contribution in [3.8, 4) is 0 Å². The molecule has 2 aromatic heterocycles. The van der Waals surface area contributed by atoms with Crippen LogP contribution in [0.15, 0.2) is 47.4 Å². The van der Waals surface area contributed by atoms with E-state index in [1.54, 1.807) is 11.3 Å². The van der Waals surface area contributed by atoms with Gasteiger partial charge in [0.15, 0.2) is 0 Å². The second-order valence-corrected chi connectivity index (χ2v) is 5.49. The molecule has 1 aromatic carbocycles. The number of likely N-dealkylation sites (N-methyl/N-ethyl adjacent to an activating group) is 1. The highest BCUT2D eigenvalue weighted by molar-refractivity contribution is 7.07. The highest BCUT2D eigenvalue weighted by Crippen LogP contribution is 2.14. The smallest absolute Gasteiger partial charge is 0.0958 e. The van der Waals surface area contributed by atoms with Crippen LogP contribution < -0.4 is 5.32 Å². The molecule has 4 heteroatoms. The first-order valence-electron chi connectivity index (χ1n) is 6.45. The predicted molar refractivity (Wildman–Crippen MR) is 80.6 cm³/mol. The maximum Gasteiger partial charge on any atom is 0.0958 e. The fourth-order valence-corrected chi connectivity index (χ4v) is 3.03. The van der Waals surface area contributed by atoms with E-state index < -0.39 is 0 Å². The number of rotatable bonds is 5. The third-order valence-corrected chi connectivity index (χ3v) is 4.15. The lowest BCUT2D eigenvalue weighted by molar-refractivity contribution is 0.485. The van der Waals surface area contributed by atoms with Gasteiger partial charge in [0.2, 0.25) is 0 Å². The number of fused-ring (bicyclic) bond motifs is 1. The molecular formula is C15H17N3S. The second kappa shape index (κ2) is 5.55. The van der Waals surface area contributed by atoms with Gasteiger partial charge in [0.25, 0.3) is 0 Å². The van der Waals surface area contributed by atoms with Crippen molar-refractivity contribution in [2.45, 2.75) is 19.0 Å². The Morgan fingerprint density at radius 2 is 2.21 bits per heavy atom. The van der Waals surface area contributed by atoms with E-state index in [2.05, 4.69) is 49.9 Å². The highest BCUT2D eigenvalue weighted by atomic mass is 32.1. The first-order chi connectivity index (χ1) is 9.36. The minimum absolute atomic E-state index is 0.423. The molecule has 2 heterocycles. The Kier molecular flexibility index (Phi) is 3.62. The van der Waals surface area contributed by atoms with Crippen molar-refractivity contribution in [2.75, 3.05) is 7.05 Å². The molecule has 3 rings (SSSR count). The third kappa shape index (κ3) is 2.69. The molecular weight excluding hydrogens is 254 g/mol. The van der Waals surface area contributed by atoms with Crippen LogP contribution in [0.1, 0.15) is 5.56 Å². The summed E-state index contributed by atoms with van der Waals surface area (Å²) in [6.45, 7) is 0.937. The van der Waals surface area contributed by atoms with Crippen LogP contribution in [-0.2, 0) is 13.0 Å². The molecule has 0 saturated heterocycles. The Labute approximate surface area is 116 Å². The second-order valence-electron chi connectivity index (χ2n) is 4.71. The Hall–Kier alpha value is -1.65. The molecule has 0 amide bonds. The SMILES string of the molecule is CNC(Cc1ccsc1)Cn1cnc2ccccc21. The molecule has 0 aliphatic heterocycles. The van der Waals surface area contributed by atoms with Crippen LogP contribution in [0.3, 0.4) is 0 Å². The molecule has 0 radical (unpaired) electrons. The molecule has 3 nitrogen and oxygen atoms in total. The van der Waals surface area contributed by atoms with Crippen LogP contribution in [0.25, 0.3) is 11.0 Å². The maximum absolute atomic E-state index is 4.44. The lowest BCUT2D eigenvalue weighted by Gasteiger charge is -2.16. The monoisotopic (exact) mass is 271 g/mol. The van der Waals surface area contributed by atoms with Crippen molar-refractivity contribution < 1.29 is 0 Å². The zero-order valence-corrected chi connectivity index (χ0v) is 11.7. The van der Waals surface area contributed by atoms with Crippen molar-refractivity contribution in [2.24, 2.45) is 0 Å². The fourth-order valence-electron chi connectivity index (χ4n) is 2.34. The highest BCUT2D eigenvalue weighted by Gasteiger charge is 2.10. The minimum atomic E-state index is 0.423. The molecule has 1 atom stereocenters. The van der Waals surface area contributed by atoms with Crippen molar-refractivity contribution in [1.29, 1.82) is 0 Å². The molecule has 19 heavy (non-hydrogen) atoms. The Bertz CT molecular complexity index is 642. The molecule has 0 aliphatic rings. The number of hydrogen-bond acceptors (Lipinski definition) is 3. The van der Waals surface area contributed by atoms with Crippen LogP contribution in [0.5, 0.6) is 0 Å². The van der Waals surface area contributed by atoms with Gasteiger partial charge in [0.05, 0.1) is 17.4 Å². The molecule has 1 N–H and O–H groups in total. The number of benzene rings is 1. The summed E-state index contributed by atoms with van der Waals surface area (Å²) in [7, 11) is 2.02. The van der Waals surface area contributed by atoms with Gasteiger partial charge in [0, 0.05) is 12.6 Å². The number of imidazole rings is 1. The van der Waals surface area contributed by atoms with Crippen molar-refractivity contribution in [1.82, 2.24) is 14.9 Å². The summed E-state index contributed by atoms with van der Waals surface area (Å²) in [6.07, 6.45) is 2.98. The quantitative estimate of drug-likeness (QED) is 0.773. The number of nitrogens with zero attached hydrogens (tertiary/aromatic N) is 2. The van der Waals surface area contributed by atoms with Gasteiger partial charge in [0.1, 0.15) is 0 Å². The summed E-state index contributed by atoms with van der Waals surface area (Å²) in [5, 5.41) is 7.75. The van der Waals surface area contributed by atoms with Crippen molar-refractivity contribution in [3.05, 3.63) is 53.0 Å². The van der Waals surface area contributed by atoms with E-state index in [0.717, 1.165) is 18.5 Å². The Morgan fingerprint density at radius 3 is 3.00 bits per heavy atom. The van der Waals surface area contributed by atoms with E-state index >= 15 is 0 Å². The van der Waals surface area contributed by atoms with E-state index in [1.807, 2.05) is 19.4 Å². The van der Waals surface area contributed by atoms with Crippen molar-refractivity contribution >= 4 is 22.4 Å². The molecule has 3 aromatic rings. The normalized spacial score (nSPS) is 12.9. The Morgan fingerprint density at radius 1 is 1.32 bits per heavy atom. The summed E-state index contributed by atoms with van der Waals surface area (Å²) >= 11 is 1.76.